The molecule has 0 aliphatic rings. The minimum absolute atomic E-state index is 0.0301. The minimum atomic E-state index is -1.06. The molecular formula is C9H6ClFN2O2. The molecular weight excluding hydrogens is 223 g/mol. The van der Waals surface area contributed by atoms with Crippen LogP contribution >= 0.6 is 11.6 Å². The molecule has 4 nitrogen and oxygen atoms in total. The molecule has 1 aromatic heterocycles. The van der Waals surface area contributed by atoms with Gasteiger partial charge in [0, 0.05) is 0 Å². The first kappa shape index (κ1) is 9.92. The molecule has 15 heavy (non-hydrogen) atoms. The van der Waals surface area contributed by atoms with Crippen LogP contribution in [0.15, 0.2) is 18.2 Å². The van der Waals surface area contributed by atoms with Crippen LogP contribution in [0, 0.1) is 5.82 Å². The highest BCUT2D eigenvalue weighted by molar-refractivity contribution is 6.29. The van der Waals surface area contributed by atoms with E-state index in [1.807, 2.05) is 0 Å². The molecule has 1 aromatic carbocycles. The summed E-state index contributed by atoms with van der Waals surface area (Å²) >= 11 is 5.71. The highest BCUT2D eigenvalue weighted by Gasteiger charge is 2.13. The lowest BCUT2D eigenvalue weighted by atomic mass is 10.3. The van der Waals surface area contributed by atoms with Crippen molar-refractivity contribution >= 4 is 28.6 Å². The van der Waals surface area contributed by atoms with Gasteiger partial charge in [0.15, 0.2) is 5.82 Å². The number of carboxylic acid groups (broad SMARTS) is 1. The number of carboxylic acids is 1. The maximum Gasteiger partial charge on any atom is 0.323 e. The summed E-state index contributed by atoms with van der Waals surface area (Å²) in [6, 6.07) is 4.30. The van der Waals surface area contributed by atoms with E-state index in [-0.39, 0.29) is 17.3 Å². The van der Waals surface area contributed by atoms with Gasteiger partial charge < -0.3 is 9.67 Å². The van der Waals surface area contributed by atoms with E-state index >= 15 is 0 Å². The van der Waals surface area contributed by atoms with E-state index in [2.05, 4.69) is 4.98 Å². The predicted molar refractivity (Wildman–Crippen MR) is 52.3 cm³/mol. The number of imidazole rings is 1. The van der Waals surface area contributed by atoms with Gasteiger partial charge >= 0.3 is 5.97 Å². The van der Waals surface area contributed by atoms with Gasteiger partial charge in [-0.2, -0.15) is 0 Å². The number of aliphatic carboxylic acids is 1. The zero-order valence-electron chi connectivity index (χ0n) is 7.44. The molecule has 1 heterocycles. The fraction of sp³-hybridized carbons (Fsp3) is 0.111. The average Bonchev–Trinajstić information content (AvgIpc) is 2.45. The molecule has 78 valence electrons. The zero-order valence-corrected chi connectivity index (χ0v) is 8.20. The number of hydrogen-bond acceptors (Lipinski definition) is 2. The van der Waals surface area contributed by atoms with Crippen molar-refractivity contribution in [3.8, 4) is 0 Å². The molecule has 0 fully saturated rings. The topological polar surface area (TPSA) is 55.1 Å². The zero-order chi connectivity index (χ0) is 11.0. The number of para-hydroxylation sites is 1. The molecule has 0 saturated carbocycles. The maximum atomic E-state index is 13.2. The van der Waals surface area contributed by atoms with E-state index in [0.717, 1.165) is 0 Å². The van der Waals surface area contributed by atoms with Gasteiger partial charge in [-0.25, -0.2) is 9.37 Å². The summed E-state index contributed by atoms with van der Waals surface area (Å²) in [5.41, 5.74) is 0.464. The van der Waals surface area contributed by atoms with E-state index < -0.39 is 11.8 Å². The molecule has 0 amide bonds. The number of rotatable bonds is 2. The van der Waals surface area contributed by atoms with Crippen LogP contribution in [-0.2, 0) is 11.3 Å². The Labute approximate surface area is 88.9 Å². The number of hydrogen-bond donors (Lipinski definition) is 1. The monoisotopic (exact) mass is 228 g/mol. The highest BCUT2D eigenvalue weighted by Crippen LogP contribution is 2.21. The van der Waals surface area contributed by atoms with E-state index in [1.165, 1.54) is 16.7 Å². The quantitative estimate of drug-likeness (QED) is 0.854. The Kier molecular flexibility index (Phi) is 2.32. The van der Waals surface area contributed by atoms with Crippen molar-refractivity contribution in [2.45, 2.75) is 6.54 Å². The molecule has 0 spiro atoms. The summed E-state index contributed by atoms with van der Waals surface area (Å²) in [6.07, 6.45) is 0. The van der Waals surface area contributed by atoms with Gasteiger partial charge in [-0.3, -0.25) is 4.79 Å². The Hall–Kier alpha value is -1.62. The lowest BCUT2D eigenvalue weighted by molar-refractivity contribution is -0.137. The molecule has 2 aromatic rings. The molecule has 0 saturated heterocycles. The third-order valence-corrected chi connectivity index (χ3v) is 2.27. The van der Waals surface area contributed by atoms with E-state index in [9.17, 15) is 9.18 Å². The fourth-order valence-corrected chi connectivity index (χ4v) is 1.61. The van der Waals surface area contributed by atoms with Gasteiger partial charge in [-0.15, -0.1) is 0 Å². The molecule has 0 bridgehead atoms. The Balaban J connectivity index is 2.68. The first-order chi connectivity index (χ1) is 7.09. The Morgan fingerprint density at radius 2 is 2.33 bits per heavy atom. The molecule has 6 heteroatoms. The van der Waals surface area contributed by atoms with Crippen LogP contribution in [0.3, 0.4) is 0 Å². The summed E-state index contributed by atoms with van der Waals surface area (Å²) < 4.78 is 14.5. The van der Waals surface area contributed by atoms with Crippen LogP contribution in [0.2, 0.25) is 5.28 Å². The fourth-order valence-electron chi connectivity index (χ4n) is 1.37. The number of fused-ring (bicyclic) bond motifs is 1. The largest absolute Gasteiger partial charge is 0.480 e. The summed E-state index contributed by atoms with van der Waals surface area (Å²) in [5.74, 6) is -1.57. The molecule has 0 atom stereocenters. The van der Waals surface area contributed by atoms with Crippen molar-refractivity contribution in [2.75, 3.05) is 0 Å². The molecule has 0 aliphatic carbocycles. The van der Waals surface area contributed by atoms with Crippen molar-refractivity contribution in [1.82, 2.24) is 9.55 Å². The van der Waals surface area contributed by atoms with Gasteiger partial charge in [0.05, 0.1) is 5.52 Å². The van der Waals surface area contributed by atoms with Crippen LogP contribution in [0.4, 0.5) is 4.39 Å². The summed E-state index contributed by atoms with van der Waals surface area (Å²) in [4.78, 5) is 14.3. The summed E-state index contributed by atoms with van der Waals surface area (Å²) in [5, 5.41) is 8.61. The number of benzene rings is 1. The van der Waals surface area contributed by atoms with Crippen LogP contribution in [0.25, 0.3) is 11.0 Å². The van der Waals surface area contributed by atoms with Crippen LogP contribution in [0.1, 0.15) is 0 Å². The van der Waals surface area contributed by atoms with Crippen molar-refractivity contribution in [2.24, 2.45) is 0 Å². The second-order valence-electron chi connectivity index (χ2n) is 2.97. The van der Waals surface area contributed by atoms with E-state index in [4.69, 9.17) is 16.7 Å². The third-order valence-electron chi connectivity index (χ3n) is 1.98. The Morgan fingerprint density at radius 3 is 3.00 bits per heavy atom. The first-order valence-corrected chi connectivity index (χ1v) is 4.49. The molecule has 0 radical (unpaired) electrons. The normalized spacial score (nSPS) is 10.8. The van der Waals surface area contributed by atoms with Crippen molar-refractivity contribution in [3.05, 3.63) is 29.3 Å². The van der Waals surface area contributed by atoms with Gasteiger partial charge in [-0.05, 0) is 23.7 Å². The van der Waals surface area contributed by atoms with E-state index in [0.29, 0.717) is 5.52 Å². The minimum Gasteiger partial charge on any atom is -0.480 e. The highest BCUT2D eigenvalue weighted by atomic mass is 35.5. The summed E-state index contributed by atoms with van der Waals surface area (Å²) in [7, 11) is 0. The number of carbonyl (C=O) groups is 1. The van der Waals surface area contributed by atoms with Crippen molar-refractivity contribution in [3.63, 3.8) is 0 Å². The molecule has 1 N–H and O–H groups in total. The van der Waals surface area contributed by atoms with Crippen LogP contribution < -0.4 is 0 Å². The van der Waals surface area contributed by atoms with Crippen molar-refractivity contribution < 1.29 is 14.3 Å². The smallest absolute Gasteiger partial charge is 0.323 e. The number of aromatic nitrogens is 2. The SMILES string of the molecule is O=C(O)Cn1c(Cl)nc2c(F)cccc21. The Morgan fingerprint density at radius 1 is 1.60 bits per heavy atom. The molecule has 2 rings (SSSR count). The second kappa shape index (κ2) is 3.51. The number of halogens is 2. The predicted octanol–water partition coefficient (Wildman–Crippen LogP) is 1.91. The lowest BCUT2D eigenvalue weighted by Gasteiger charge is -2.00. The summed E-state index contributed by atoms with van der Waals surface area (Å²) in [6.45, 7) is -0.335. The number of nitrogens with zero attached hydrogens (tertiary/aromatic N) is 2. The van der Waals surface area contributed by atoms with Crippen LogP contribution in [-0.4, -0.2) is 20.6 Å². The maximum absolute atomic E-state index is 13.2. The second-order valence-corrected chi connectivity index (χ2v) is 3.31. The standard InChI is InChI=1S/C9H6ClFN2O2/c10-9-12-8-5(11)2-1-3-6(8)13(9)4-7(14)15/h1-3H,4H2,(H,14,15). The third kappa shape index (κ3) is 1.66. The van der Waals surface area contributed by atoms with Gasteiger partial charge in [0.1, 0.15) is 12.1 Å². The molecule has 0 unspecified atom stereocenters. The van der Waals surface area contributed by atoms with Crippen LogP contribution in [0.5, 0.6) is 0 Å². The van der Waals surface area contributed by atoms with Crippen molar-refractivity contribution in [1.29, 1.82) is 0 Å². The molecule has 0 aliphatic heterocycles. The van der Waals surface area contributed by atoms with Gasteiger partial charge in [-0.1, -0.05) is 6.07 Å². The van der Waals surface area contributed by atoms with E-state index in [1.54, 1.807) is 6.07 Å². The Bertz CT molecular complexity index is 538. The lowest BCUT2D eigenvalue weighted by Crippen LogP contribution is -2.08. The first-order valence-electron chi connectivity index (χ1n) is 4.11. The van der Waals surface area contributed by atoms with Gasteiger partial charge in [0.2, 0.25) is 5.28 Å². The average molecular weight is 229 g/mol. The van der Waals surface area contributed by atoms with Gasteiger partial charge in [0.25, 0.3) is 0 Å².